The number of hydrogen-bond donors (Lipinski definition) is 2. The maximum atomic E-state index is 14.0. The van der Waals surface area contributed by atoms with Crippen molar-refractivity contribution in [2.24, 2.45) is 5.41 Å². The third-order valence-electron chi connectivity index (χ3n) is 10.8. The second kappa shape index (κ2) is 10.3. The number of amides is 7. The summed E-state index contributed by atoms with van der Waals surface area (Å²) in [6.45, 7) is 2.42. The van der Waals surface area contributed by atoms with E-state index >= 15 is 0 Å². The lowest BCUT2D eigenvalue weighted by Gasteiger charge is -2.42. The van der Waals surface area contributed by atoms with Gasteiger partial charge in [-0.25, -0.2) is 4.79 Å². The van der Waals surface area contributed by atoms with Gasteiger partial charge < -0.3 is 15.0 Å². The summed E-state index contributed by atoms with van der Waals surface area (Å²) in [7, 11) is 0. The van der Waals surface area contributed by atoms with Gasteiger partial charge in [-0.15, -0.1) is 0 Å². The second-order valence-electron chi connectivity index (χ2n) is 13.5. The number of imide groups is 3. The molecule has 6 aliphatic heterocycles. The average molecular weight is 641 g/mol. The Kier molecular flexibility index (Phi) is 6.44. The lowest BCUT2D eigenvalue weighted by molar-refractivity contribution is -0.825. The fourth-order valence-corrected chi connectivity index (χ4v) is 8.46. The molecule has 47 heavy (non-hydrogen) atoms. The summed E-state index contributed by atoms with van der Waals surface area (Å²) in [5, 5.41) is 18.4. The van der Waals surface area contributed by atoms with Crippen LogP contribution >= 0.6 is 0 Å². The van der Waals surface area contributed by atoms with Crippen molar-refractivity contribution in [3.63, 3.8) is 0 Å². The highest BCUT2D eigenvalue weighted by Crippen LogP contribution is 2.47. The smallest absolute Gasteiger partial charge is 0.347 e. The van der Waals surface area contributed by atoms with Gasteiger partial charge in [0.2, 0.25) is 17.7 Å². The molecule has 0 bridgehead atoms. The molecule has 4 fully saturated rings. The van der Waals surface area contributed by atoms with Crippen LogP contribution in [0.5, 0.6) is 0 Å². The maximum Gasteiger partial charge on any atom is 0.347 e. The van der Waals surface area contributed by atoms with Crippen LogP contribution in [0.25, 0.3) is 0 Å². The number of piperidine rings is 2. The predicted octanol–water partition coefficient (Wildman–Crippen LogP) is 0.968. The van der Waals surface area contributed by atoms with Crippen LogP contribution in [0.4, 0.5) is 11.4 Å². The van der Waals surface area contributed by atoms with Gasteiger partial charge in [0.1, 0.15) is 12.6 Å². The van der Waals surface area contributed by atoms with Crippen LogP contribution in [0.1, 0.15) is 75.2 Å². The molecule has 0 radical (unpaired) electrons. The van der Waals surface area contributed by atoms with Crippen molar-refractivity contribution in [1.29, 1.82) is 0 Å². The molecule has 4 atom stereocenters. The van der Waals surface area contributed by atoms with E-state index in [0.29, 0.717) is 43.0 Å². The molecule has 242 valence electrons. The fraction of sp³-hybridized carbons (Fsp3) is 0.424. The minimum absolute atomic E-state index is 0.0135. The van der Waals surface area contributed by atoms with Crippen molar-refractivity contribution < 1.29 is 38.2 Å². The van der Waals surface area contributed by atoms with Crippen LogP contribution in [0, 0.1) is 10.6 Å². The summed E-state index contributed by atoms with van der Waals surface area (Å²) in [5.74, 6) is -3.98. The van der Waals surface area contributed by atoms with Gasteiger partial charge in [0.25, 0.3) is 17.7 Å². The van der Waals surface area contributed by atoms with Crippen molar-refractivity contribution in [3.05, 3.63) is 63.9 Å². The molecule has 0 saturated carbocycles. The number of carbonyl (C=O) groups is 7. The molecule has 2 aromatic carbocycles. The van der Waals surface area contributed by atoms with E-state index in [4.69, 9.17) is 0 Å². The van der Waals surface area contributed by atoms with Gasteiger partial charge in [0, 0.05) is 62.1 Å². The standard InChI is InChI=1S/C33H32N6O8/c40-25-9-7-23(28(42)34-25)38-30(44)19-4-2-6-22(27(19)31(38)45)37-14-12-33(17-37)11-13-36(16-33)21-5-1-3-18-20(21)15-39(47,32(18)46)24-8-10-26(41)35-29(24)43/h1-6,23-24H,7-17H2,(H,34,40,42)(H,35,41,43). The van der Waals surface area contributed by atoms with E-state index < -0.39 is 58.1 Å². The van der Waals surface area contributed by atoms with Crippen LogP contribution < -0.4 is 20.4 Å². The molecule has 6 heterocycles. The van der Waals surface area contributed by atoms with E-state index in [9.17, 15) is 38.8 Å². The number of fused-ring (bicyclic) bond motifs is 2. The monoisotopic (exact) mass is 640 g/mol. The van der Waals surface area contributed by atoms with E-state index in [1.54, 1.807) is 24.3 Å². The van der Waals surface area contributed by atoms with Gasteiger partial charge in [-0.1, -0.05) is 12.1 Å². The van der Waals surface area contributed by atoms with Crippen LogP contribution in [0.2, 0.25) is 0 Å². The lowest BCUT2D eigenvalue weighted by atomic mass is 9.86. The van der Waals surface area contributed by atoms with Crippen LogP contribution in [-0.2, 0) is 25.7 Å². The Balaban J connectivity index is 1.02. The van der Waals surface area contributed by atoms with Crippen LogP contribution in [0.3, 0.4) is 0 Å². The van der Waals surface area contributed by atoms with E-state index in [1.165, 1.54) is 0 Å². The first-order chi connectivity index (χ1) is 22.5. The largest absolute Gasteiger partial charge is 0.624 e. The molecule has 4 unspecified atom stereocenters. The molecule has 14 heteroatoms. The first-order valence-corrected chi connectivity index (χ1v) is 15.9. The van der Waals surface area contributed by atoms with E-state index in [2.05, 4.69) is 20.4 Å². The summed E-state index contributed by atoms with van der Waals surface area (Å²) in [4.78, 5) is 94.3. The first-order valence-electron chi connectivity index (χ1n) is 15.9. The minimum atomic E-state index is -1.33. The average Bonchev–Trinajstić information content (AvgIpc) is 3.78. The normalized spacial score (nSPS) is 30.4. The van der Waals surface area contributed by atoms with E-state index in [1.807, 2.05) is 12.1 Å². The lowest BCUT2D eigenvalue weighted by Crippen LogP contribution is -2.60. The number of nitrogens with one attached hydrogen (secondary N) is 2. The Labute approximate surface area is 268 Å². The van der Waals surface area contributed by atoms with E-state index in [-0.39, 0.29) is 48.8 Å². The highest BCUT2D eigenvalue weighted by atomic mass is 16.6. The zero-order chi connectivity index (χ0) is 32.8. The summed E-state index contributed by atoms with van der Waals surface area (Å²) in [6.07, 6.45) is 1.82. The number of nitrogens with zero attached hydrogens (tertiary/aromatic N) is 4. The Morgan fingerprint density at radius 3 is 2.04 bits per heavy atom. The number of rotatable bonds is 4. The van der Waals surface area contributed by atoms with Gasteiger partial charge in [-0.3, -0.25) is 48.9 Å². The van der Waals surface area contributed by atoms with Gasteiger partial charge >= 0.3 is 5.91 Å². The van der Waals surface area contributed by atoms with Crippen molar-refractivity contribution in [2.45, 2.75) is 57.2 Å². The van der Waals surface area contributed by atoms with Gasteiger partial charge in [-0.05, 0) is 43.5 Å². The minimum Gasteiger partial charge on any atom is -0.624 e. The number of hydrogen-bond acceptors (Lipinski definition) is 10. The summed E-state index contributed by atoms with van der Waals surface area (Å²) in [5.41, 5.74) is 2.70. The molecular weight excluding hydrogens is 608 g/mol. The predicted molar refractivity (Wildman–Crippen MR) is 163 cm³/mol. The molecule has 14 nitrogen and oxygen atoms in total. The maximum absolute atomic E-state index is 14.0. The van der Waals surface area contributed by atoms with E-state index in [0.717, 1.165) is 23.4 Å². The summed E-state index contributed by atoms with van der Waals surface area (Å²) < 4.78 is -1.33. The third-order valence-corrected chi connectivity index (χ3v) is 10.8. The zero-order valence-corrected chi connectivity index (χ0v) is 25.5. The highest BCUT2D eigenvalue weighted by Gasteiger charge is 2.52. The number of benzene rings is 2. The SMILES string of the molecule is O=C1CCC(N2C(=O)c3cccc(N4CCC5(CCN(c6cccc7c6C[N+]([O-])(C6CCC(=O)NC6=O)C7=O)C5)C4)c3C2=O)C(=O)N1. The molecule has 7 amide bonds. The Hall–Kier alpha value is -4.95. The Morgan fingerprint density at radius 2 is 1.36 bits per heavy atom. The van der Waals surface area contributed by atoms with Gasteiger partial charge in [-0.2, -0.15) is 0 Å². The molecule has 2 aromatic rings. The number of quaternary nitrogens is 1. The van der Waals surface area contributed by atoms with Gasteiger partial charge in [0.15, 0.2) is 6.04 Å². The fourth-order valence-electron chi connectivity index (χ4n) is 8.46. The topological polar surface area (TPSA) is 176 Å². The van der Waals surface area contributed by atoms with Crippen molar-refractivity contribution in [1.82, 2.24) is 15.5 Å². The first kappa shape index (κ1) is 29.5. The van der Waals surface area contributed by atoms with Crippen molar-refractivity contribution in [2.75, 3.05) is 36.0 Å². The molecule has 2 N–H and O–H groups in total. The summed E-state index contributed by atoms with van der Waals surface area (Å²) in [6, 6.07) is 8.21. The highest BCUT2D eigenvalue weighted by molar-refractivity contribution is 6.25. The molecule has 8 rings (SSSR count). The van der Waals surface area contributed by atoms with Crippen LogP contribution in [0.15, 0.2) is 36.4 Å². The Bertz CT molecular complexity index is 1840. The second-order valence-corrected chi connectivity index (χ2v) is 13.5. The molecule has 0 aliphatic carbocycles. The van der Waals surface area contributed by atoms with Crippen molar-refractivity contribution >= 4 is 52.7 Å². The number of carbonyl (C=O) groups excluding carboxylic acids is 7. The third kappa shape index (κ3) is 4.34. The van der Waals surface area contributed by atoms with Gasteiger partial charge in [0.05, 0.1) is 22.4 Å². The van der Waals surface area contributed by atoms with Crippen molar-refractivity contribution in [3.8, 4) is 0 Å². The Morgan fingerprint density at radius 1 is 0.745 bits per heavy atom. The van der Waals surface area contributed by atoms with Crippen LogP contribution in [-0.4, -0.2) is 89.2 Å². The molecule has 6 aliphatic rings. The molecule has 4 saturated heterocycles. The zero-order valence-electron chi connectivity index (χ0n) is 25.5. The molecule has 0 aromatic heterocycles. The molecule has 1 spiro atoms. The summed E-state index contributed by atoms with van der Waals surface area (Å²) >= 11 is 0. The quantitative estimate of drug-likeness (QED) is 0.278. The number of hydroxylamine groups is 3. The number of anilines is 2. The molecular formula is C33H32N6O8.